The van der Waals surface area contributed by atoms with Crippen molar-refractivity contribution in [3.63, 3.8) is 0 Å². The van der Waals surface area contributed by atoms with Crippen LogP contribution < -0.4 is 5.32 Å². The standard InChI is InChI=1S/C28H17Cl2N3O5/c29-21-11-6-12-22(30)24(21)25-28(32-26(35)16-7-2-1-3-8-16)38-27(31-25)20-10-5-4-9-18(20)19-14-13-17(33(36)37)15-23(19)34/h1-15,34H,(H,32,35). The van der Waals surface area contributed by atoms with Crippen molar-refractivity contribution in [2.24, 2.45) is 0 Å². The SMILES string of the molecule is O=C(Nc1oc(-c2ccccc2-c2ccc([N+](=O)[O-])cc2O)nc1-c1c(Cl)cccc1Cl)c1ccccc1. The Morgan fingerprint density at radius 1 is 0.868 bits per heavy atom. The molecular formula is C28H17Cl2N3O5. The van der Waals surface area contributed by atoms with Gasteiger partial charge < -0.3 is 9.52 Å². The maximum Gasteiger partial charge on any atom is 0.273 e. The van der Waals surface area contributed by atoms with Crippen molar-refractivity contribution in [3.05, 3.63) is 117 Å². The number of aromatic hydroxyl groups is 1. The molecule has 1 aromatic heterocycles. The highest BCUT2D eigenvalue weighted by Gasteiger charge is 2.25. The van der Waals surface area contributed by atoms with Gasteiger partial charge in [0.2, 0.25) is 11.8 Å². The van der Waals surface area contributed by atoms with Gasteiger partial charge in [0.25, 0.3) is 11.6 Å². The summed E-state index contributed by atoms with van der Waals surface area (Å²) in [6.45, 7) is 0. The van der Waals surface area contributed by atoms with E-state index >= 15 is 0 Å². The van der Waals surface area contributed by atoms with Crippen LogP contribution in [0.25, 0.3) is 33.8 Å². The number of nitrogens with zero attached hydrogens (tertiary/aromatic N) is 2. The fraction of sp³-hybridized carbons (Fsp3) is 0. The van der Waals surface area contributed by atoms with Gasteiger partial charge in [0, 0.05) is 28.3 Å². The van der Waals surface area contributed by atoms with Crippen molar-refractivity contribution in [2.45, 2.75) is 0 Å². The van der Waals surface area contributed by atoms with E-state index in [0.717, 1.165) is 6.07 Å². The van der Waals surface area contributed by atoms with E-state index in [1.165, 1.54) is 12.1 Å². The molecule has 38 heavy (non-hydrogen) atoms. The van der Waals surface area contributed by atoms with Crippen LogP contribution in [0.15, 0.2) is 95.4 Å². The molecule has 8 nitrogen and oxygen atoms in total. The third kappa shape index (κ3) is 4.82. The lowest BCUT2D eigenvalue weighted by Crippen LogP contribution is -2.11. The molecule has 0 aliphatic rings. The van der Waals surface area contributed by atoms with Gasteiger partial charge in [-0.3, -0.25) is 20.2 Å². The van der Waals surface area contributed by atoms with E-state index in [-0.39, 0.29) is 28.9 Å². The quantitative estimate of drug-likeness (QED) is 0.165. The molecule has 1 amide bonds. The van der Waals surface area contributed by atoms with Gasteiger partial charge in [-0.15, -0.1) is 0 Å². The second-order valence-corrected chi connectivity index (χ2v) is 8.93. The van der Waals surface area contributed by atoms with Gasteiger partial charge in [0.05, 0.1) is 21.0 Å². The molecule has 0 unspecified atom stereocenters. The number of oxazole rings is 1. The number of phenols is 1. The average Bonchev–Trinajstić information content (AvgIpc) is 3.32. The van der Waals surface area contributed by atoms with Crippen molar-refractivity contribution in [2.75, 3.05) is 5.32 Å². The van der Waals surface area contributed by atoms with E-state index < -0.39 is 10.8 Å². The topological polar surface area (TPSA) is 118 Å². The van der Waals surface area contributed by atoms with E-state index in [0.29, 0.717) is 37.9 Å². The maximum atomic E-state index is 13.0. The highest BCUT2D eigenvalue weighted by molar-refractivity contribution is 6.39. The molecule has 0 bridgehead atoms. The van der Waals surface area contributed by atoms with E-state index in [9.17, 15) is 20.0 Å². The van der Waals surface area contributed by atoms with E-state index in [1.54, 1.807) is 72.8 Å². The fourth-order valence-electron chi connectivity index (χ4n) is 3.94. The molecule has 1 heterocycles. The van der Waals surface area contributed by atoms with Gasteiger partial charge in [0.15, 0.2) is 0 Å². The largest absolute Gasteiger partial charge is 0.507 e. The van der Waals surface area contributed by atoms with Gasteiger partial charge in [-0.05, 0) is 42.0 Å². The molecule has 0 aliphatic heterocycles. The summed E-state index contributed by atoms with van der Waals surface area (Å²) in [7, 11) is 0. The second kappa shape index (κ2) is 10.4. The van der Waals surface area contributed by atoms with Crippen LogP contribution in [0, 0.1) is 10.1 Å². The Kier molecular flexibility index (Phi) is 6.83. The van der Waals surface area contributed by atoms with Gasteiger partial charge >= 0.3 is 0 Å². The number of hydrogen-bond acceptors (Lipinski definition) is 6. The molecule has 0 aliphatic carbocycles. The van der Waals surface area contributed by atoms with E-state index in [2.05, 4.69) is 10.3 Å². The number of benzene rings is 4. The number of nitro benzene ring substituents is 1. The number of nitro groups is 1. The molecule has 188 valence electrons. The first-order valence-corrected chi connectivity index (χ1v) is 12.0. The average molecular weight is 546 g/mol. The van der Waals surface area contributed by atoms with Crippen molar-refractivity contribution >= 4 is 40.7 Å². The number of nitrogens with one attached hydrogen (secondary N) is 1. The molecule has 10 heteroatoms. The van der Waals surface area contributed by atoms with Crippen LogP contribution in [0.1, 0.15) is 10.4 Å². The lowest BCUT2D eigenvalue weighted by atomic mass is 9.98. The van der Waals surface area contributed by atoms with Crippen molar-refractivity contribution in [1.29, 1.82) is 0 Å². The zero-order valence-electron chi connectivity index (χ0n) is 19.4. The minimum atomic E-state index is -0.592. The third-order valence-electron chi connectivity index (χ3n) is 5.73. The number of hydrogen-bond donors (Lipinski definition) is 2. The molecule has 0 atom stereocenters. The molecule has 0 radical (unpaired) electrons. The van der Waals surface area contributed by atoms with E-state index in [1.807, 2.05) is 0 Å². The number of phenolic OH excluding ortho intramolecular Hbond substituents is 1. The minimum Gasteiger partial charge on any atom is -0.507 e. The first-order chi connectivity index (χ1) is 18.3. The number of anilines is 1. The zero-order valence-corrected chi connectivity index (χ0v) is 20.9. The van der Waals surface area contributed by atoms with Crippen LogP contribution in [0.5, 0.6) is 5.75 Å². The summed E-state index contributed by atoms with van der Waals surface area (Å²) in [4.78, 5) is 28.2. The monoisotopic (exact) mass is 545 g/mol. The molecule has 5 aromatic rings. The summed E-state index contributed by atoms with van der Waals surface area (Å²) in [5, 5.41) is 25.0. The summed E-state index contributed by atoms with van der Waals surface area (Å²) in [6, 6.07) is 24.3. The molecule has 0 saturated carbocycles. The van der Waals surface area contributed by atoms with Crippen molar-refractivity contribution in [1.82, 2.24) is 4.98 Å². The second-order valence-electron chi connectivity index (χ2n) is 8.12. The van der Waals surface area contributed by atoms with Crippen LogP contribution in [0.2, 0.25) is 10.0 Å². The fourth-order valence-corrected chi connectivity index (χ4v) is 4.52. The molecule has 0 spiro atoms. The summed E-state index contributed by atoms with van der Waals surface area (Å²) in [6.07, 6.45) is 0. The first kappa shape index (κ1) is 25.0. The molecular weight excluding hydrogens is 529 g/mol. The Hall–Kier alpha value is -4.66. The van der Waals surface area contributed by atoms with Gasteiger partial charge in [-0.25, -0.2) is 4.98 Å². The Balaban J connectivity index is 1.66. The van der Waals surface area contributed by atoms with Crippen molar-refractivity contribution in [3.8, 4) is 39.6 Å². The predicted octanol–water partition coefficient (Wildman–Crippen LogP) is 7.85. The lowest BCUT2D eigenvalue weighted by Gasteiger charge is -2.09. The number of aromatic nitrogens is 1. The Morgan fingerprint density at radius 3 is 2.18 bits per heavy atom. The normalized spacial score (nSPS) is 10.8. The number of amides is 1. The number of carbonyl (C=O) groups is 1. The molecule has 0 fully saturated rings. The summed E-state index contributed by atoms with van der Waals surface area (Å²) in [5.41, 5.74) is 2.02. The van der Waals surface area contributed by atoms with Crippen molar-refractivity contribution < 1.29 is 19.2 Å². The van der Waals surface area contributed by atoms with Gasteiger partial charge in [-0.2, -0.15) is 0 Å². The molecule has 4 aromatic carbocycles. The maximum absolute atomic E-state index is 13.0. The number of non-ortho nitro benzene ring substituents is 1. The Bertz CT molecular complexity index is 1670. The van der Waals surface area contributed by atoms with Gasteiger partial charge in [0.1, 0.15) is 11.4 Å². The molecule has 2 N–H and O–H groups in total. The summed E-state index contributed by atoms with van der Waals surface area (Å²) < 4.78 is 6.07. The van der Waals surface area contributed by atoms with Crippen LogP contribution in [-0.4, -0.2) is 20.9 Å². The predicted molar refractivity (Wildman–Crippen MR) is 146 cm³/mol. The summed E-state index contributed by atoms with van der Waals surface area (Å²) in [5.74, 6) is -0.594. The Labute approximate surface area is 226 Å². The zero-order chi connectivity index (χ0) is 26.8. The molecule has 5 rings (SSSR count). The highest BCUT2D eigenvalue weighted by atomic mass is 35.5. The Morgan fingerprint density at radius 2 is 1.53 bits per heavy atom. The third-order valence-corrected chi connectivity index (χ3v) is 6.36. The first-order valence-electron chi connectivity index (χ1n) is 11.2. The molecule has 0 saturated heterocycles. The minimum absolute atomic E-state index is 0.0200. The van der Waals surface area contributed by atoms with Crippen LogP contribution >= 0.6 is 23.2 Å². The van der Waals surface area contributed by atoms with E-state index in [4.69, 9.17) is 27.6 Å². The van der Waals surface area contributed by atoms with Crippen LogP contribution in [-0.2, 0) is 0 Å². The van der Waals surface area contributed by atoms with Crippen LogP contribution in [0.4, 0.5) is 11.6 Å². The lowest BCUT2D eigenvalue weighted by molar-refractivity contribution is -0.384. The number of carbonyl (C=O) groups excluding carboxylic acids is 1. The highest BCUT2D eigenvalue weighted by Crippen LogP contribution is 2.43. The summed E-state index contributed by atoms with van der Waals surface area (Å²) >= 11 is 12.9. The number of rotatable bonds is 6. The smallest absolute Gasteiger partial charge is 0.273 e. The van der Waals surface area contributed by atoms with Gasteiger partial charge in [-0.1, -0.05) is 65.7 Å². The van der Waals surface area contributed by atoms with Crippen LogP contribution in [0.3, 0.4) is 0 Å². The number of halogens is 2.